The number of benzene rings is 1. The second-order valence-corrected chi connectivity index (χ2v) is 4.15. The second-order valence-electron chi connectivity index (χ2n) is 4.15. The van der Waals surface area contributed by atoms with Crippen molar-refractivity contribution in [3.8, 4) is 5.88 Å². The summed E-state index contributed by atoms with van der Waals surface area (Å²) in [5, 5.41) is 12.9. The minimum Gasteiger partial charge on any atom is -0.481 e. The molecule has 2 aromatic rings. The highest BCUT2D eigenvalue weighted by Crippen LogP contribution is 2.08. The van der Waals surface area contributed by atoms with E-state index in [1.165, 1.54) is 0 Å². The minimum atomic E-state index is -0.489. The van der Waals surface area contributed by atoms with Gasteiger partial charge in [0.2, 0.25) is 11.8 Å². The molecule has 0 bridgehead atoms. The number of anilines is 1. The predicted octanol–water partition coefficient (Wildman–Crippen LogP) is 1.50. The van der Waals surface area contributed by atoms with Crippen LogP contribution >= 0.6 is 0 Å². The molecular formula is C14H17N3O2. The lowest BCUT2D eigenvalue weighted by molar-refractivity contribution is 0.188. The average Bonchev–Trinajstić information content (AvgIpc) is 2.46. The monoisotopic (exact) mass is 259 g/mol. The van der Waals surface area contributed by atoms with Gasteiger partial charge in [0.25, 0.3) is 0 Å². The van der Waals surface area contributed by atoms with E-state index >= 15 is 0 Å². The number of nitrogens with one attached hydrogen (secondary N) is 1. The summed E-state index contributed by atoms with van der Waals surface area (Å²) in [6.45, 7) is 0.391. The van der Waals surface area contributed by atoms with Crippen LogP contribution in [0.15, 0.2) is 42.6 Å². The smallest absolute Gasteiger partial charge is 0.226 e. The lowest BCUT2D eigenvalue weighted by Crippen LogP contribution is -2.22. The highest BCUT2D eigenvalue weighted by molar-refractivity contribution is 5.27. The van der Waals surface area contributed by atoms with E-state index in [-0.39, 0.29) is 0 Å². The summed E-state index contributed by atoms with van der Waals surface area (Å²) < 4.78 is 5.00. The van der Waals surface area contributed by atoms with Gasteiger partial charge in [0.15, 0.2) is 0 Å². The van der Waals surface area contributed by atoms with Crippen molar-refractivity contribution in [2.45, 2.75) is 12.5 Å². The van der Waals surface area contributed by atoms with Gasteiger partial charge in [-0.25, -0.2) is 4.98 Å². The van der Waals surface area contributed by atoms with Gasteiger partial charge < -0.3 is 15.2 Å². The van der Waals surface area contributed by atoms with Crippen molar-refractivity contribution in [3.63, 3.8) is 0 Å². The number of rotatable bonds is 6. The number of aliphatic hydroxyl groups is 1. The summed E-state index contributed by atoms with van der Waals surface area (Å²) in [6, 6.07) is 11.5. The Morgan fingerprint density at radius 1 is 1.26 bits per heavy atom. The molecule has 19 heavy (non-hydrogen) atoms. The fourth-order valence-corrected chi connectivity index (χ4v) is 1.71. The maximum Gasteiger partial charge on any atom is 0.226 e. The molecule has 1 heterocycles. The Morgan fingerprint density at radius 3 is 2.79 bits per heavy atom. The molecule has 2 rings (SSSR count). The van der Waals surface area contributed by atoms with E-state index in [0.29, 0.717) is 24.8 Å². The molecule has 1 unspecified atom stereocenters. The first kappa shape index (κ1) is 13.3. The SMILES string of the molecule is COc1ccnc(NCC(O)Cc2ccccc2)n1. The van der Waals surface area contributed by atoms with Gasteiger partial charge in [-0.2, -0.15) is 4.98 Å². The van der Waals surface area contributed by atoms with Gasteiger partial charge in [-0.05, 0) is 5.56 Å². The first-order valence-electron chi connectivity index (χ1n) is 6.11. The second kappa shape index (κ2) is 6.70. The summed E-state index contributed by atoms with van der Waals surface area (Å²) in [5.74, 6) is 0.946. The van der Waals surface area contributed by atoms with E-state index in [9.17, 15) is 5.11 Å². The van der Waals surface area contributed by atoms with E-state index in [1.807, 2.05) is 30.3 Å². The number of methoxy groups -OCH3 is 1. The van der Waals surface area contributed by atoms with Crippen LogP contribution in [0.5, 0.6) is 5.88 Å². The molecule has 1 atom stereocenters. The van der Waals surface area contributed by atoms with Crippen LogP contribution in [0.1, 0.15) is 5.56 Å². The maximum atomic E-state index is 9.94. The van der Waals surface area contributed by atoms with Gasteiger partial charge >= 0.3 is 0 Å². The molecule has 0 spiro atoms. The molecule has 0 fully saturated rings. The minimum absolute atomic E-state index is 0.391. The fourth-order valence-electron chi connectivity index (χ4n) is 1.71. The highest BCUT2D eigenvalue weighted by atomic mass is 16.5. The van der Waals surface area contributed by atoms with Crippen LogP contribution in [-0.4, -0.2) is 34.8 Å². The van der Waals surface area contributed by atoms with E-state index in [2.05, 4.69) is 15.3 Å². The molecule has 0 aliphatic heterocycles. The van der Waals surface area contributed by atoms with E-state index in [0.717, 1.165) is 5.56 Å². The quantitative estimate of drug-likeness (QED) is 0.823. The van der Waals surface area contributed by atoms with Gasteiger partial charge in [-0.1, -0.05) is 30.3 Å². The Morgan fingerprint density at radius 2 is 2.05 bits per heavy atom. The summed E-state index contributed by atoms with van der Waals surface area (Å²) >= 11 is 0. The zero-order chi connectivity index (χ0) is 13.5. The zero-order valence-corrected chi connectivity index (χ0v) is 10.8. The zero-order valence-electron chi connectivity index (χ0n) is 10.8. The van der Waals surface area contributed by atoms with Gasteiger partial charge in [-0.15, -0.1) is 0 Å². The molecule has 0 radical (unpaired) electrons. The summed E-state index contributed by atoms with van der Waals surface area (Å²) in [6.07, 6.45) is 1.72. The lowest BCUT2D eigenvalue weighted by atomic mass is 10.1. The van der Waals surface area contributed by atoms with Crippen LogP contribution < -0.4 is 10.1 Å². The Bertz CT molecular complexity index is 505. The van der Waals surface area contributed by atoms with Gasteiger partial charge in [-0.3, -0.25) is 0 Å². The highest BCUT2D eigenvalue weighted by Gasteiger charge is 2.06. The van der Waals surface area contributed by atoms with Crippen LogP contribution in [-0.2, 0) is 6.42 Å². The Hall–Kier alpha value is -2.14. The Balaban J connectivity index is 1.84. The van der Waals surface area contributed by atoms with Crippen molar-refractivity contribution in [1.82, 2.24) is 9.97 Å². The van der Waals surface area contributed by atoms with Crippen molar-refractivity contribution in [2.24, 2.45) is 0 Å². The molecular weight excluding hydrogens is 242 g/mol. The van der Waals surface area contributed by atoms with Crippen LogP contribution in [0.2, 0.25) is 0 Å². The molecule has 5 nitrogen and oxygen atoms in total. The topological polar surface area (TPSA) is 67.3 Å². The molecule has 0 amide bonds. The standard InChI is InChI=1S/C14H17N3O2/c1-19-13-7-8-15-14(17-13)16-10-12(18)9-11-5-3-2-4-6-11/h2-8,12,18H,9-10H2,1H3,(H,15,16,17). The van der Waals surface area contributed by atoms with Crippen LogP contribution in [0.4, 0.5) is 5.95 Å². The van der Waals surface area contributed by atoms with Gasteiger partial charge in [0.05, 0.1) is 13.2 Å². The van der Waals surface area contributed by atoms with Crippen molar-refractivity contribution in [2.75, 3.05) is 19.0 Å². The average molecular weight is 259 g/mol. The molecule has 1 aromatic heterocycles. The number of hydrogen-bond donors (Lipinski definition) is 2. The summed E-state index contributed by atoms with van der Waals surface area (Å²) in [4.78, 5) is 8.17. The van der Waals surface area contributed by atoms with E-state index in [4.69, 9.17) is 4.74 Å². The molecule has 0 aliphatic carbocycles. The molecule has 5 heteroatoms. The van der Waals surface area contributed by atoms with Gasteiger partial charge in [0.1, 0.15) is 0 Å². The fraction of sp³-hybridized carbons (Fsp3) is 0.286. The summed E-state index contributed by atoms with van der Waals surface area (Å²) in [5.41, 5.74) is 1.10. The number of aliphatic hydroxyl groups excluding tert-OH is 1. The molecule has 100 valence electrons. The summed E-state index contributed by atoms with van der Waals surface area (Å²) in [7, 11) is 1.55. The van der Waals surface area contributed by atoms with Crippen molar-refractivity contribution in [3.05, 3.63) is 48.2 Å². The van der Waals surface area contributed by atoms with Crippen molar-refractivity contribution >= 4 is 5.95 Å². The Labute approximate surface area is 112 Å². The molecule has 0 saturated carbocycles. The molecule has 0 aliphatic rings. The van der Waals surface area contributed by atoms with Crippen LogP contribution in [0, 0.1) is 0 Å². The number of hydrogen-bond acceptors (Lipinski definition) is 5. The third-order valence-corrected chi connectivity index (χ3v) is 2.65. The number of nitrogens with zero attached hydrogens (tertiary/aromatic N) is 2. The lowest BCUT2D eigenvalue weighted by Gasteiger charge is -2.12. The van der Waals surface area contributed by atoms with Gasteiger partial charge in [0, 0.05) is 25.2 Å². The van der Waals surface area contributed by atoms with E-state index < -0.39 is 6.10 Å². The molecule has 0 saturated heterocycles. The third kappa shape index (κ3) is 4.22. The maximum absolute atomic E-state index is 9.94. The predicted molar refractivity (Wildman–Crippen MR) is 73.2 cm³/mol. The largest absolute Gasteiger partial charge is 0.481 e. The molecule has 1 aromatic carbocycles. The van der Waals surface area contributed by atoms with Crippen LogP contribution in [0.3, 0.4) is 0 Å². The first-order valence-corrected chi connectivity index (χ1v) is 6.11. The third-order valence-electron chi connectivity index (χ3n) is 2.65. The number of ether oxygens (including phenoxy) is 1. The van der Waals surface area contributed by atoms with Crippen LogP contribution in [0.25, 0.3) is 0 Å². The van der Waals surface area contributed by atoms with Crippen molar-refractivity contribution in [1.29, 1.82) is 0 Å². The van der Waals surface area contributed by atoms with E-state index in [1.54, 1.807) is 19.4 Å². The molecule has 2 N–H and O–H groups in total. The Kier molecular flexibility index (Phi) is 4.69. The number of aromatic nitrogens is 2. The van der Waals surface area contributed by atoms with Crippen molar-refractivity contribution < 1.29 is 9.84 Å². The first-order chi connectivity index (χ1) is 9.28. The normalized spacial score (nSPS) is 11.9.